The van der Waals surface area contributed by atoms with Gasteiger partial charge in [0.15, 0.2) is 0 Å². The van der Waals surface area contributed by atoms with E-state index in [4.69, 9.17) is 27.9 Å². The van der Waals surface area contributed by atoms with E-state index in [1.807, 2.05) is 6.92 Å². The molecule has 0 saturated carbocycles. The molecule has 0 bridgehead atoms. The Balaban J connectivity index is 1.75. The van der Waals surface area contributed by atoms with Crippen molar-refractivity contribution in [3.63, 3.8) is 0 Å². The van der Waals surface area contributed by atoms with Crippen LogP contribution in [0.1, 0.15) is 17.3 Å². The van der Waals surface area contributed by atoms with Gasteiger partial charge in [-0.25, -0.2) is 8.42 Å². The van der Waals surface area contributed by atoms with Crippen molar-refractivity contribution in [3.05, 3.63) is 58.1 Å². The molecule has 9 heteroatoms. The first-order valence-electron chi connectivity index (χ1n) is 8.81. The number of carbonyl (C=O) groups excluding carboxylic acids is 1. The van der Waals surface area contributed by atoms with Crippen molar-refractivity contribution in [2.24, 2.45) is 0 Å². The van der Waals surface area contributed by atoms with Gasteiger partial charge in [0.25, 0.3) is 5.91 Å². The zero-order valence-electron chi connectivity index (χ0n) is 15.3. The molecule has 28 heavy (non-hydrogen) atoms. The molecule has 150 valence electrons. The van der Waals surface area contributed by atoms with Gasteiger partial charge in [0.2, 0.25) is 10.0 Å². The fourth-order valence-corrected chi connectivity index (χ4v) is 5.60. The lowest BCUT2D eigenvalue weighted by Gasteiger charge is -2.34. The van der Waals surface area contributed by atoms with Gasteiger partial charge in [-0.1, -0.05) is 41.4 Å². The highest BCUT2D eigenvalue weighted by atomic mass is 35.5. The number of amides is 1. The van der Waals surface area contributed by atoms with Crippen LogP contribution in [-0.4, -0.2) is 56.3 Å². The van der Waals surface area contributed by atoms with E-state index in [1.165, 1.54) is 16.4 Å². The molecule has 0 atom stereocenters. The molecule has 1 amide bonds. The minimum absolute atomic E-state index is 0.0802. The maximum absolute atomic E-state index is 12.9. The van der Waals surface area contributed by atoms with Gasteiger partial charge in [-0.05, 0) is 31.2 Å². The lowest BCUT2D eigenvalue weighted by molar-refractivity contribution is 0.0693. The Morgan fingerprint density at radius 2 is 1.61 bits per heavy atom. The summed E-state index contributed by atoms with van der Waals surface area (Å²) in [5, 5.41) is 0.160. The zero-order valence-corrected chi connectivity index (χ0v) is 17.6. The predicted molar refractivity (Wildman–Crippen MR) is 109 cm³/mol. The Labute approximate surface area is 174 Å². The van der Waals surface area contributed by atoms with Crippen molar-refractivity contribution in [3.8, 4) is 5.75 Å². The fourth-order valence-electron chi connectivity index (χ4n) is 3.08. The molecule has 1 heterocycles. The van der Waals surface area contributed by atoms with E-state index in [1.54, 1.807) is 35.2 Å². The standard InChI is InChI=1S/C19H20Cl2N2O4S/c1-2-27-17-9-4-3-6-14(17)19(24)22-10-12-23(13-11-22)28(25,26)18-15(20)7-5-8-16(18)21/h3-9H,2,10-13H2,1H3. The highest BCUT2D eigenvalue weighted by Gasteiger charge is 2.33. The van der Waals surface area contributed by atoms with Gasteiger partial charge in [-0.15, -0.1) is 0 Å². The normalized spacial score (nSPS) is 15.5. The molecule has 1 aliphatic heterocycles. The van der Waals surface area contributed by atoms with Crippen LogP contribution in [0.2, 0.25) is 10.0 Å². The van der Waals surface area contributed by atoms with E-state index in [0.717, 1.165) is 0 Å². The van der Waals surface area contributed by atoms with Crippen molar-refractivity contribution < 1.29 is 17.9 Å². The maximum Gasteiger partial charge on any atom is 0.257 e. The summed E-state index contributed by atoms with van der Waals surface area (Å²) in [5.41, 5.74) is 0.467. The Kier molecular flexibility index (Phi) is 6.50. The van der Waals surface area contributed by atoms with Gasteiger partial charge in [0.1, 0.15) is 10.6 Å². The molecular formula is C19H20Cl2N2O4S. The molecule has 3 rings (SSSR count). The molecule has 0 unspecified atom stereocenters. The number of halogens is 2. The minimum atomic E-state index is -3.85. The number of para-hydroxylation sites is 1. The molecule has 1 fully saturated rings. The monoisotopic (exact) mass is 442 g/mol. The number of hydrogen-bond donors (Lipinski definition) is 0. The molecule has 2 aromatic carbocycles. The molecule has 0 aliphatic carbocycles. The van der Waals surface area contributed by atoms with Crippen LogP contribution in [0.25, 0.3) is 0 Å². The summed E-state index contributed by atoms with van der Waals surface area (Å²) in [6.07, 6.45) is 0. The van der Waals surface area contributed by atoms with Gasteiger partial charge >= 0.3 is 0 Å². The topological polar surface area (TPSA) is 66.9 Å². The molecular weight excluding hydrogens is 423 g/mol. The first-order chi connectivity index (χ1) is 13.4. The second-order valence-electron chi connectivity index (χ2n) is 6.18. The van der Waals surface area contributed by atoms with Gasteiger partial charge in [-0.3, -0.25) is 4.79 Å². The Hall–Kier alpha value is -1.80. The van der Waals surface area contributed by atoms with Gasteiger partial charge in [0.05, 0.1) is 22.2 Å². The summed E-state index contributed by atoms with van der Waals surface area (Å²) in [5.74, 6) is 0.338. The second kappa shape index (κ2) is 8.69. The van der Waals surface area contributed by atoms with Crippen molar-refractivity contribution in [2.75, 3.05) is 32.8 Å². The highest BCUT2D eigenvalue weighted by molar-refractivity contribution is 7.89. The van der Waals surface area contributed by atoms with Crippen LogP contribution in [-0.2, 0) is 10.0 Å². The number of nitrogens with zero attached hydrogens (tertiary/aromatic N) is 2. The molecule has 2 aromatic rings. The summed E-state index contributed by atoms with van der Waals surface area (Å²) in [7, 11) is -3.85. The molecule has 0 spiro atoms. The number of rotatable bonds is 5. The van der Waals surface area contributed by atoms with Crippen molar-refractivity contribution in [2.45, 2.75) is 11.8 Å². The van der Waals surface area contributed by atoms with Crippen LogP contribution in [0.5, 0.6) is 5.75 Å². The van der Waals surface area contributed by atoms with E-state index in [0.29, 0.717) is 17.9 Å². The first-order valence-corrected chi connectivity index (χ1v) is 11.0. The van der Waals surface area contributed by atoms with Gasteiger partial charge < -0.3 is 9.64 Å². The summed E-state index contributed by atoms with van der Waals surface area (Å²) in [6.45, 7) is 3.15. The number of benzene rings is 2. The van der Waals surface area contributed by atoms with Crippen LogP contribution in [0.4, 0.5) is 0 Å². The zero-order chi connectivity index (χ0) is 20.3. The quantitative estimate of drug-likeness (QED) is 0.709. The maximum atomic E-state index is 12.9. The smallest absolute Gasteiger partial charge is 0.257 e. The van der Waals surface area contributed by atoms with Crippen LogP contribution < -0.4 is 4.74 Å². The van der Waals surface area contributed by atoms with Crippen LogP contribution in [0, 0.1) is 0 Å². The van der Waals surface area contributed by atoms with E-state index >= 15 is 0 Å². The molecule has 1 aliphatic rings. The third kappa shape index (κ3) is 4.12. The van der Waals surface area contributed by atoms with E-state index in [2.05, 4.69) is 0 Å². The van der Waals surface area contributed by atoms with Crippen LogP contribution in [0.15, 0.2) is 47.4 Å². The van der Waals surface area contributed by atoms with Gasteiger partial charge in [0, 0.05) is 26.2 Å². The summed E-state index contributed by atoms with van der Waals surface area (Å²) in [4.78, 5) is 14.4. The summed E-state index contributed by atoms with van der Waals surface area (Å²) < 4.78 is 32.7. The minimum Gasteiger partial charge on any atom is -0.493 e. The molecule has 6 nitrogen and oxygen atoms in total. The first kappa shape index (κ1) is 20.9. The number of piperazine rings is 1. The Morgan fingerprint density at radius 1 is 1.00 bits per heavy atom. The predicted octanol–water partition coefficient (Wildman–Crippen LogP) is 3.54. The second-order valence-corrected chi connectivity index (χ2v) is 8.87. The number of ether oxygens (including phenoxy) is 1. The summed E-state index contributed by atoms with van der Waals surface area (Å²) >= 11 is 12.1. The van der Waals surface area contributed by atoms with Crippen molar-refractivity contribution in [1.82, 2.24) is 9.21 Å². The average Bonchev–Trinajstić information content (AvgIpc) is 2.68. The number of carbonyl (C=O) groups is 1. The van der Waals surface area contributed by atoms with E-state index < -0.39 is 10.0 Å². The molecule has 1 saturated heterocycles. The third-order valence-electron chi connectivity index (χ3n) is 4.46. The van der Waals surface area contributed by atoms with Crippen molar-refractivity contribution >= 4 is 39.1 Å². The average molecular weight is 443 g/mol. The number of sulfonamides is 1. The Morgan fingerprint density at radius 3 is 2.21 bits per heavy atom. The lowest BCUT2D eigenvalue weighted by Crippen LogP contribution is -2.50. The molecule has 0 radical (unpaired) electrons. The van der Waals surface area contributed by atoms with E-state index in [9.17, 15) is 13.2 Å². The fraction of sp³-hybridized carbons (Fsp3) is 0.316. The van der Waals surface area contributed by atoms with Crippen LogP contribution in [0.3, 0.4) is 0 Å². The number of hydrogen-bond acceptors (Lipinski definition) is 4. The van der Waals surface area contributed by atoms with Crippen molar-refractivity contribution in [1.29, 1.82) is 0 Å². The Bertz CT molecular complexity index is 953. The molecule has 0 aromatic heterocycles. The highest BCUT2D eigenvalue weighted by Crippen LogP contribution is 2.32. The van der Waals surface area contributed by atoms with E-state index in [-0.39, 0.29) is 47.0 Å². The lowest BCUT2D eigenvalue weighted by atomic mass is 10.1. The summed E-state index contributed by atoms with van der Waals surface area (Å²) in [6, 6.07) is 11.6. The van der Waals surface area contributed by atoms with Gasteiger partial charge in [-0.2, -0.15) is 4.31 Å². The SMILES string of the molecule is CCOc1ccccc1C(=O)N1CCN(S(=O)(=O)c2c(Cl)cccc2Cl)CC1. The largest absolute Gasteiger partial charge is 0.493 e. The molecule has 0 N–H and O–H groups in total. The third-order valence-corrected chi connectivity index (χ3v) is 7.31. The van der Waals surface area contributed by atoms with Crippen LogP contribution >= 0.6 is 23.2 Å².